The van der Waals surface area contributed by atoms with E-state index in [9.17, 15) is 9.59 Å². The molecule has 6 nitrogen and oxygen atoms in total. The van der Waals surface area contributed by atoms with Crippen LogP contribution in [0.15, 0.2) is 53.0 Å². The zero-order valence-electron chi connectivity index (χ0n) is 16.9. The molecule has 1 heterocycles. The van der Waals surface area contributed by atoms with Crippen LogP contribution in [0.25, 0.3) is 5.69 Å². The van der Waals surface area contributed by atoms with E-state index in [1.165, 1.54) is 4.90 Å². The Morgan fingerprint density at radius 3 is 2.34 bits per heavy atom. The minimum absolute atomic E-state index is 0.0342. The van der Waals surface area contributed by atoms with Crippen molar-refractivity contribution in [3.8, 4) is 5.69 Å². The van der Waals surface area contributed by atoms with E-state index in [1.54, 1.807) is 19.2 Å². The first-order valence-electron chi connectivity index (χ1n) is 9.20. The molecule has 7 heteroatoms. The van der Waals surface area contributed by atoms with Crippen LogP contribution in [0.1, 0.15) is 27.3 Å². The highest BCUT2D eigenvalue weighted by Crippen LogP contribution is 2.20. The number of hydrogen-bond donors (Lipinski definition) is 1. The number of nitrogens with one attached hydrogen (secondary N) is 1. The summed E-state index contributed by atoms with van der Waals surface area (Å²) in [6.07, 6.45) is 0. The molecular formula is C22H23BrN4O2. The number of halogens is 1. The van der Waals surface area contributed by atoms with Gasteiger partial charge in [0.15, 0.2) is 0 Å². The first kappa shape index (κ1) is 20.8. The number of carbonyl (C=O) groups is 2. The van der Waals surface area contributed by atoms with Crippen LogP contribution in [-0.2, 0) is 4.79 Å². The predicted molar refractivity (Wildman–Crippen MR) is 118 cm³/mol. The van der Waals surface area contributed by atoms with E-state index in [-0.39, 0.29) is 18.4 Å². The molecule has 150 valence electrons. The molecule has 0 saturated heterocycles. The average Bonchev–Trinajstić information content (AvgIpc) is 3.01. The van der Waals surface area contributed by atoms with Crippen LogP contribution in [-0.4, -0.2) is 40.1 Å². The van der Waals surface area contributed by atoms with Gasteiger partial charge in [0.25, 0.3) is 5.91 Å². The quantitative estimate of drug-likeness (QED) is 0.625. The number of carbonyl (C=O) groups excluding carboxylic acids is 2. The van der Waals surface area contributed by atoms with E-state index in [0.717, 1.165) is 32.8 Å². The zero-order valence-corrected chi connectivity index (χ0v) is 18.4. The normalized spacial score (nSPS) is 10.7. The summed E-state index contributed by atoms with van der Waals surface area (Å²) in [5.41, 5.74) is 5.05. The molecule has 0 bridgehead atoms. The fourth-order valence-corrected chi connectivity index (χ4v) is 3.58. The van der Waals surface area contributed by atoms with Crippen LogP contribution < -0.4 is 5.32 Å². The van der Waals surface area contributed by atoms with Gasteiger partial charge in [-0.3, -0.25) is 9.59 Å². The second kappa shape index (κ2) is 8.61. The molecule has 0 saturated carbocycles. The van der Waals surface area contributed by atoms with E-state index in [0.29, 0.717) is 5.56 Å². The molecule has 0 aliphatic heterocycles. The van der Waals surface area contributed by atoms with Crippen LogP contribution in [0.5, 0.6) is 0 Å². The van der Waals surface area contributed by atoms with Crippen molar-refractivity contribution in [2.24, 2.45) is 0 Å². The summed E-state index contributed by atoms with van der Waals surface area (Å²) in [7, 11) is 1.62. The highest BCUT2D eigenvalue weighted by molar-refractivity contribution is 9.10. The van der Waals surface area contributed by atoms with Gasteiger partial charge in [-0.25, -0.2) is 4.68 Å². The molecule has 3 rings (SSSR count). The smallest absolute Gasteiger partial charge is 0.254 e. The summed E-state index contributed by atoms with van der Waals surface area (Å²) in [5, 5.41) is 7.30. The Labute approximate surface area is 178 Å². The molecule has 0 fully saturated rings. The van der Waals surface area contributed by atoms with Crippen molar-refractivity contribution < 1.29 is 9.59 Å². The average molecular weight is 455 g/mol. The summed E-state index contributed by atoms with van der Waals surface area (Å²) in [4.78, 5) is 26.4. The number of aromatic nitrogens is 2. The van der Waals surface area contributed by atoms with Crippen molar-refractivity contribution in [1.29, 1.82) is 0 Å². The first-order chi connectivity index (χ1) is 13.7. The number of likely N-dealkylation sites (N-methyl/N-ethyl adjacent to an activating group) is 1. The number of anilines is 1. The molecule has 0 unspecified atom stereocenters. The fourth-order valence-electron chi connectivity index (χ4n) is 3.10. The Morgan fingerprint density at radius 1 is 1.07 bits per heavy atom. The molecule has 1 N–H and O–H groups in total. The van der Waals surface area contributed by atoms with Gasteiger partial charge in [0.2, 0.25) is 5.91 Å². The molecule has 1 aromatic heterocycles. The first-order valence-corrected chi connectivity index (χ1v) is 9.99. The van der Waals surface area contributed by atoms with E-state index >= 15 is 0 Å². The molecule has 0 spiro atoms. The van der Waals surface area contributed by atoms with Crippen LogP contribution in [0, 0.1) is 20.8 Å². The van der Waals surface area contributed by atoms with Gasteiger partial charge >= 0.3 is 0 Å². The molecule has 2 aromatic carbocycles. The standard InChI is InChI=1S/C22H23BrN4O2/c1-14-11-18(23)7-10-20(14)24-21(28)13-26(4)22(29)17-5-8-19(9-6-17)27-16(3)12-15(2)25-27/h5-12H,13H2,1-4H3,(H,24,28). The Hall–Kier alpha value is -2.93. The number of rotatable bonds is 5. The number of benzene rings is 2. The maximum absolute atomic E-state index is 12.7. The van der Waals surface area contributed by atoms with Gasteiger partial charge < -0.3 is 10.2 Å². The summed E-state index contributed by atoms with van der Waals surface area (Å²) in [6.45, 7) is 5.81. The van der Waals surface area contributed by atoms with E-state index in [4.69, 9.17) is 0 Å². The lowest BCUT2D eigenvalue weighted by Gasteiger charge is -2.18. The van der Waals surface area contributed by atoms with Crippen molar-refractivity contribution in [3.05, 3.63) is 75.5 Å². The van der Waals surface area contributed by atoms with Gasteiger partial charge in [-0.1, -0.05) is 15.9 Å². The second-order valence-corrected chi connectivity index (χ2v) is 7.97. The predicted octanol–water partition coefficient (Wildman–Crippen LogP) is 4.27. The number of hydrogen-bond acceptors (Lipinski definition) is 3. The minimum atomic E-state index is -0.245. The molecule has 0 radical (unpaired) electrons. The summed E-state index contributed by atoms with van der Waals surface area (Å²) < 4.78 is 2.78. The zero-order chi connectivity index (χ0) is 21.1. The number of aryl methyl sites for hydroxylation is 3. The van der Waals surface area contributed by atoms with Gasteiger partial charge in [-0.05, 0) is 74.9 Å². The summed E-state index contributed by atoms with van der Waals surface area (Å²) in [6, 6.07) is 14.8. The molecule has 3 aromatic rings. The molecule has 0 aliphatic rings. The largest absolute Gasteiger partial charge is 0.332 e. The van der Waals surface area contributed by atoms with E-state index in [2.05, 4.69) is 26.3 Å². The third-order valence-corrected chi connectivity index (χ3v) is 5.05. The maximum Gasteiger partial charge on any atom is 0.254 e. The highest BCUT2D eigenvalue weighted by Gasteiger charge is 2.16. The van der Waals surface area contributed by atoms with Crippen LogP contribution in [0.4, 0.5) is 5.69 Å². The summed E-state index contributed by atoms with van der Waals surface area (Å²) >= 11 is 3.40. The minimum Gasteiger partial charge on any atom is -0.332 e. The van der Waals surface area contributed by atoms with Gasteiger partial charge in [0.1, 0.15) is 0 Å². The van der Waals surface area contributed by atoms with Crippen molar-refractivity contribution in [2.75, 3.05) is 18.9 Å². The van der Waals surface area contributed by atoms with Crippen LogP contribution in [0.3, 0.4) is 0 Å². The molecule has 2 amide bonds. The van der Waals surface area contributed by atoms with Crippen molar-refractivity contribution >= 4 is 33.4 Å². The van der Waals surface area contributed by atoms with Gasteiger partial charge in [-0.2, -0.15) is 5.10 Å². The molecular weight excluding hydrogens is 432 g/mol. The summed E-state index contributed by atoms with van der Waals surface area (Å²) in [5.74, 6) is -0.460. The fraction of sp³-hybridized carbons (Fsp3) is 0.227. The van der Waals surface area contributed by atoms with Crippen molar-refractivity contribution in [1.82, 2.24) is 14.7 Å². The lowest BCUT2D eigenvalue weighted by molar-refractivity contribution is -0.116. The highest BCUT2D eigenvalue weighted by atomic mass is 79.9. The maximum atomic E-state index is 12.7. The second-order valence-electron chi connectivity index (χ2n) is 7.05. The molecule has 0 aliphatic carbocycles. The third kappa shape index (κ3) is 4.92. The number of amides is 2. The molecule has 29 heavy (non-hydrogen) atoms. The van der Waals surface area contributed by atoms with E-state index in [1.807, 2.05) is 61.9 Å². The lowest BCUT2D eigenvalue weighted by atomic mass is 10.1. The lowest BCUT2D eigenvalue weighted by Crippen LogP contribution is -2.35. The van der Waals surface area contributed by atoms with Crippen LogP contribution >= 0.6 is 15.9 Å². The van der Waals surface area contributed by atoms with Gasteiger partial charge in [-0.15, -0.1) is 0 Å². The monoisotopic (exact) mass is 454 g/mol. The molecule has 0 atom stereocenters. The Bertz CT molecular complexity index is 1060. The Balaban J connectivity index is 1.65. The van der Waals surface area contributed by atoms with E-state index < -0.39 is 0 Å². The van der Waals surface area contributed by atoms with Gasteiger partial charge in [0.05, 0.1) is 17.9 Å². The SMILES string of the molecule is Cc1cc(C)n(-c2ccc(C(=O)N(C)CC(=O)Nc3ccc(Br)cc3C)cc2)n1. The Morgan fingerprint density at radius 2 is 1.76 bits per heavy atom. The number of nitrogens with zero attached hydrogens (tertiary/aromatic N) is 3. The topological polar surface area (TPSA) is 67.2 Å². The van der Waals surface area contributed by atoms with Crippen LogP contribution in [0.2, 0.25) is 0 Å². The Kier molecular flexibility index (Phi) is 6.17. The van der Waals surface area contributed by atoms with Crippen molar-refractivity contribution in [2.45, 2.75) is 20.8 Å². The van der Waals surface area contributed by atoms with Crippen molar-refractivity contribution in [3.63, 3.8) is 0 Å². The van der Waals surface area contributed by atoms with Gasteiger partial charge in [0, 0.05) is 28.5 Å². The third-order valence-electron chi connectivity index (χ3n) is 4.56.